The van der Waals surface area contributed by atoms with Crippen LogP contribution in [0.15, 0.2) is 48.5 Å². The Morgan fingerprint density at radius 2 is 1.78 bits per heavy atom. The van der Waals surface area contributed by atoms with Crippen LogP contribution in [0.2, 0.25) is 10.0 Å². The molecule has 6 nitrogen and oxygen atoms in total. The first kappa shape index (κ1) is 19.2. The number of halogens is 2. The van der Waals surface area contributed by atoms with Crippen molar-refractivity contribution in [3.8, 4) is 0 Å². The molecule has 0 aromatic heterocycles. The largest absolute Gasteiger partial charge is 0.350 e. The summed E-state index contributed by atoms with van der Waals surface area (Å²) in [5.41, 5.74) is 0.0197. The van der Waals surface area contributed by atoms with E-state index in [0.717, 1.165) is 10.5 Å². The maximum Gasteiger partial charge on any atom is 0.325 e. The van der Waals surface area contributed by atoms with Crippen LogP contribution in [-0.4, -0.2) is 29.3 Å². The fourth-order valence-electron chi connectivity index (χ4n) is 2.89. The summed E-state index contributed by atoms with van der Waals surface area (Å²) in [4.78, 5) is 38.2. The lowest BCUT2D eigenvalue weighted by Crippen LogP contribution is -2.43. The zero-order chi connectivity index (χ0) is 19.6. The molecule has 2 aromatic carbocycles. The van der Waals surface area contributed by atoms with Gasteiger partial charge in [-0.2, -0.15) is 0 Å². The first-order valence-electron chi connectivity index (χ1n) is 8.21. The summed E-state index contributed by atoms with van der Waals surface area (Å²) in [5, 5.41) is 6.28. The lowest BCUT2D eigenvalue weighted by molar-refractivity contribution is -0.134. The summed E-state index contributed by atoms with van der Waals surface area (Å²) in [5.74, 6) is -0.973. The van der Waals surface area contributed by atoms with E-state index in [1.165, 1.54) is 0 Å². The van der Waals surface area contributed by atoms with Crippen molar-refractivity contribution < 1.29 is 14.4 Å². The number of carbonyl (C=O) groups excluding carboxylic acids is 3. The number of hydrogen-bond donors (Lipinski definition) is 2. The molecule has 4 amide bonds. The minimum absolute atomic E-state index is 0.265. The number of benzene rings is 2. The van der Waals surface area contributed by atoms with Gasteiger partial charge in [-0.05, 0) is 30.7 Å². The first-order chi connectivity index (χ1) is 12.8. The average molecular weight is 406 g/mol. The summed E-state index contributed by atoms with van der Waals surface area (Å²) >= 11 is 12.0. The Morgan fingerprint density at radius 3 is 2.44 bits per heavy atom. The first-order valence-corrected chi connectivity index (χ1v) is 8.97. The molecule has 0 aliphatic carbocycles. The van der Waals surface area contributed by atoms with E-state index < -0.39 is 23.4 Å². The van der Waals surface area contributed by atoms with Gasteiger partial charge in [0, 0.05) is 22.2 Å². The maximum atomic E-state index is 12.8. The Kier molecular flexibility index (Phi) is 5.39. The number of urea groups is 1. The van der Waals surface area contributed by atoms with Crippen LogP contribution in [0, 0.1) is 0 Å². The molecule has 8 heteroatoms. The fraction of sp³-hybridized carbons (Fsp3) is 0.211. The Morgan fingerprint density at radius 1 is 1.11 bits per heavy atom. The smallest absolute Gasteiger partial charge is 0.325 e. The van der Waals surface area contributed by atoms with Crippen LogP contribution in [-0.2, 0) is 21.7 Å². The highest BCUT2D eigenvalue weighted by Gasteiger charge is 2.50. The van der Waals surface area contributed by atoms with Gasteiger partial charge in [0.1, 0.15) is 12.1 Å². The van der Waals surface area contributed by atoms with Gasteiger partial charge in [0.05, 0.1) is 0 Å². The number of imide groups is 1. The predicted octanol–water partition coefficient (Wildman–Crippen LogP) is 3.08. The monoisotopic (exact) mass is 405 g/mol. The van der Waals surface area contributed by atoms with Gasteiger partial charge in [0.15, 0.2) is 0 Å². The topological polar surface area (TPSA) is 78.5 Å². The number of amides is 4. The third kappa shape index (κ3) is 3.91. The molecule has 1 saturated heterocycles. The molecule has 1 unspecified atom stereocenters. The predicted molar refractivity (Wildman–Crippen MR) is 102 cm³/mol. The van der Waals surface area contributed by atoms with Gasteiger partial charge >= 0.3 is 6.03 Å². The SMILES string of the molecule is CC1(c2ccccc2Cl)NC(=O)N(CC(=O)NCc2ccc(Cl)cc2)C1=O. The van der Waals surface area contributed by atoms with E-state index in [2.05, 4.69) is 10.6 Å². The van der Waals surface area contributed by atoms with Crippen LogP contribution in [0.1, 0.15) is 18.1 Å². The van der Waals surface area contributed by atoms with Crippen LogP contribution in [0.25, 0.3) is 0 Å². The van der Waals surface area contributed by atoms with E-state index in [9.17, 15) is 14.4 Å². The van der Waals surface area contributed by atoms with Gasteiger partial charge in [-0.1, -0.05) is 53.5 Å². The summed E-state index contributed by atoms with van der Waals surface area (Å²) in [7, 11) is 0. The normalized spacial score (nSPS) is 19.1. The van der Waals surface area contributed by atoms with E-state index in [0.29, 0.717) is 15.6 Å². The van der Waals surface area contributed by atoms with Crippen molar-refractivity contribution in [1.82, 2.24) is 15.5 Å². The van der Waals surface area contributed by atoms with Gasteiger partial charge in [0.25, 0.3) is 5.91 Å². The average Bonchev–Trinajstić information content (AvgIpc) is 2.85. The van der Waals surface area contributed by atoms with E-state index in [1.54, 1.807) is 55.5 Å². The fourth-order valence-corrected chi connectivity index (χ4v) is 3.34. The zero-order valence-corrected chi connectivity index (χ0v) is 16.0. The number of carbonyl (C=O) groups is 3. The molecule has 27 heavy (non-hydrogen) atoms. The standard InChI is InChI=1S/C19H17Cl2N3O3/c1-19(14-4-2-3-5-15(14)21)17(26)24(18(27)23-19)11-16(25)22-10-12-6-8-13(20)9-7-12/h2-9H,10-11H2,1H3,(H,22,25)(H,23,27). The Hall–Kier alpha value is -2.57. The highest BCUT2D eigenvalue weighted by atomic mass is 35.5. The summed E-state index contributed by atoms with van der Waals surface area (Å²) in [6.07, 6.45) is 0. The Balaban J connectivity index is 1.67. The lowest BCUT2D eigenvalue weighted by atomic mass is 9.92. The van der Waals surface area contributed by atoms with Crippen LogP contribution >= 0.6 is 23.2 Å². The minimum atomic E-state index is -1.31. The van der Waals surface area contributed by atoms with E-state index in [1.807, 2.05) is 0 Å². The highest BCUT2D eigenvalue weighted by molar-refractivity contribution is 6.32. The molecule has 1 aliphatic heterocycles. The van der Waals surface area contributed by atoms with Crippen LogP contribution in [0.3, 0.4) is 0 Å². The molecule has 0 saturated carbocycles. The number of rotatable bonds is 5. The molecule has 2 N–H and O–H groups in total. The summed E-state index contributed by atoms with van der Waals surface area (Å²) in [6, 6.07) is 13.1. The zero-order valence-electron chi connectivity index (χ0n) is 14.5. The quantitative estimate of drug-likeness (QED) is 0.750. The van der Waals surface area contributed by atoms with Gasteiger partial charge in [-0.25, -0.2) is 4.79 Å². The molecule has 3 rings (SSSR count). The van der Waals surface area contributed by atoms with Crippen molar-refractivity contribution in [3.05, 3.63) is 69.7 Å². The van der Waals surface area contributed by atoms with Crippen molar-refractivity contribution in [2.45, 2.75) is 19.0 Å². The molecule has 0 radical (unpaired) electrons. The van der Waals surface area contributed by atoms with E-state index >= 15 is 0 Å². The molecule has 2 aromatic rings. The molecular weight excluding hydrogens is 389 g/mol. The number of nitrogens with one attached hydrogen (secondary N) is 2. The Labute approximate surface area is 166 Å². The third-order valence-electron chi connectivity index (χ3n) is 4.39. The van der Waals surface area contributed by atoms with Gasteiger partial charge < -0.3 is 10.6 Å². The third-order valence-corrected chi connectivity index (χ3v) is 4.97. The number of nitrogens with zero attached hydrogens (tertiary/aromatic N) is 1. The van der Waals surface area contributed by atoms with Crippen molar-refractivity contribution in [2.75, 3.05) is 6.54 Å². The lowest BCUT2D eigenvalue weighted by Gasteiger charge is -2.23. The molecule has 1 fully saturated rings. The van der Waals surface area contributed by atoms with Crippen LogP contribution < -0.4 is 10.6 Å². The van der Waals surface area contributed by atoms with Crippen molar-refractivity contribution in [1.29, 1.82) is 0 Å². The minimum Gasteiger partial charge on any atom is -0.350 e. The van der Waals surface area contributed by atoms with Crippen LogP contribution in [0.5, 0.6) is 0 Å². The van der Waals surface area contributed by atoms with Gasteiger partial charge in [-0.3, -0.25) is 14.5 Å². The van der Waals surface area contributed by atoms with Crippen molar-refractivity contribution >= 4 is 41.0 Å². The highest BCUT2D eigenvalue weighted by Crippen LogP contribution is 2.33. The molecule has 1 aliphatic rings. The van der Waals surface area contributed by atoms with Gasteiger partial charge in [-0.15, -0.1) is 0 Å². The molecule has 140 valence electrons. The number of hydrogen-bond acceptors (Lipinski definition) is 3. The van der Waals surface area contributed by atoms with E-state index in [4.69, 9.17) is 23.2 Å². The van der Waals surface area contributed by atoms with Crippen molar-refractivity contribution in [2.24, 2.45) is 0 Å². The van der Waals surface area contributed by atoms with E-state index in [-0.39, 0.29) is 13.1 Å². The molecule has 1 atom stereocenters. The molecular formula is C19H17Cl2N3O3. The maximum absolute atomic E-state index is 12.8. The van der Waals surface area contributed by atoms with Crippen LogP contribution in [0.4, 0.5) is 4.79 Å². The van der Waals surface area contributed by atoms with Crippen molar-refractivity contribution in [3.63, 3.8) is 0 Å². The summed E-state index contributed by atoms with van der Waals surface area (Å²) in [6.45, 7) is 1.46. The summed E-state index contributed by atoms with van der Waals surface area (Å²) < 4.78 is 0. The second-order valence-electron chi connectivity index (χ2n) is 6.33. The molecule has 0 bridgehead atoms. The van der Waals surface area contributed by atoms with Gasteiger partial charge in [0.2, 0.25) is 5.91 Å². The second kappa shape index (κ2) is 7.58. The Bertz CT molecular complexity index is 901. The second-order valence-corrected chi connectivity index (χ2v) is 7.17. The molecule has 0 spiro atoms. The molecule has 1 heterocycles.